The SMILES string of the molecule is C#C/C=C\C(=C/C)c1cc(C(C)C)c(-n2c(-c3cccc4c3oc3cc(-c5cc(C(F)(F)F)cc(C(F)(F)F)c5)ccc34)nc3ccccc32)c(C(C)C)c1. The van der Waals surface area contributed by atoms with Gasteiger partial charge in [0.2, 0.25) is 0 Å². The molecule has 0 saturated carbocycles. The van der Waals surface area contributed by atoms with E-state index in [2.05, 4.69) is 50.3 Å². The molecular formula is C46H36F6N2O. The van der Waals surface area contributed by atoms with Crippen LogP contribution < -0.4 is 0 Å². The van der Waals surface area contributed by atoms with Crippen molar-refractivity contribution in [1.29, 1.82) is 0 Å². The molecule has 0 aliphatic carbocycles. The maximum Gasteiger partial charge on any atom is 0.416 e. The number of benzene rings is 5. The lowest BCUT2D eigenvalue weighted by Gasteiger charge is -2.24. The maximum atomic E-state index is 13.7. The first-order chi connectivity index (χ1) is 26.1. The van der Waals surface area contributed by atoms with Gasteiger partial charge in [0.05, 0.1) is 33.4 Å². The zero-order valence-electron chi connectivity index (χ0n) is 30.7. The number of hydrogen-bond donors (Lipinski definition) is 0. The molecule has 0 N–H and O–H groups in total. The summed E-state index contributed by atoms with van der Waals surface area (Å²) in [5.41, 5.74) is 5.48. The summed E-state index contributed by atoms with van der Waals surface area (Å²) < 4.78 is 91.1. The van der Waals surface area contributed by atoms with Crippen molar-refractivity contribution in [3.05, 3.63) is 137 Å². The molecule has 2 aromatic heterocycles. The molecular weight excluding hydrogens is 711 g/mol. The van der Waals surface area contributed by atoms with Crippen molar-refractivity contribution in [1.82, 2.24) is 9.55 Å². The molecule has 0 radical (unpaired) electrons. The molecule has 0 atom stereocenters. The summed E-state index contributed by atoms with van der Waals surface area (Å²) in [4.78, 5) is 5.17. The number of fused-ring (bicyclic) bond motifs is 4. The standard InChI is InChI=1S/C46H36F6N2O/c1-7-9-13-28(8-2)31-22-37(26(3)4)42(38(23-31)27(5)6)54-40-17-11-10-16-39(40)53-44(54)36-15-12-14-35-34-19-18-29(24-41(34)55-43(35)36)30-20-32(45(47,48)49)25-33(21-30)46(50,51)52/h1,8-27H,2-6H3/b13-9-,28-8+. The molecule has 0 aliphatic heterocycles. The highest BCUT2D eigenvalue weighted by Gasteiger charge is 2.37. The Hall–Kier alpha value is -6.01. The lowest BCUT2D eigenvalue weighted by atomic mass is 9.87. The average molecular weight is 747 g/mol. The summed E-state index contributed by atoms with van der Waals surface area (Å²) in [5, 5.41) is 1.37. The Morgan fingerprint density at radius 2 is 1.42 bits per heavy atom. The minimum Gasteiger partial charge on any atom is -0.455 e. The van der Waals surface area contributed by atoms with E-state index in [-0.39, 0.29) is 29.0 Å². The highest BCUT2D eigenvalue weighted by molar-refractivity contribution is 6.10. The number of halogens is 6. The van der Waals surface area contributed by atoms with Gasteiger partial charge < -0.3 is 4.42 Å². The number of furan rings is 1. The van der Waals surface area contributed by atoms with Gasteiger partial charge in [-0.1, -0.05) is 70.0 Å². The topological polar surface area (TPSA) is 31.0 Å². The number of rotatable bonds is 7. The minimum absolute atomic E-state index is 0.102. The monoisotopic (exact) mass is 746 g/mol. The van der Waals surface area contributed by atoms with Gasteiger partial charge in [0, 0.05) is 10.8 Å². The molecule has 0 amide bonds. The van der Waals surface area contributed by atoms with E-state index >= 15 is 0 Å². The number of allylic oxidation sites excluding steroid dienone is 4. The van der Waals surface area contributed by atoms with Crippen molar-refractivity contribution < 1.29 is 30.8 Å². The van der Waals surface area contributed by atoms with E-state index in [0.717, 1.165) is 56.5 Å². The third-order valence-electron chi connectivity index (χ3n) is 9.86. The van der Waals surface area contributed by atoms with Crippen LogP contribution in [0.5, 0.6) is 0 Å². The molecule has 0 unspecified atom stereocenters. The van der Waals surface area contributed by atoms with Crippen LogP contribution in [-0.4, -0.2) is 9.55 Å². The third-order valence-corrected chi connectivity index (χ3v) is 9.86. The lowest BCUT2D eigenvalue weighted by Crippen LogP contribution is -2.11. The molecule has 2 heterocycles. The van der Waals surface area contributed by atoms with Crippen LogP contribution in [0.15, 0.2) is 114 Å². The van der Waals surface area contributed by atoms with Crippen molar-refractivity contribution in [2.75, 3.05) is 0 Å². The number of imidazole rings is 1. The van der Waals surface area contributed by atoms with Crippen LogP contribution in [0, 0.1) is 12.3 Å². The highest BCUT2D eigenvalue weighted by Crippen LogP contribution is 2.44. The van der Waals surface area contributed by atoms with Gasteiger partial charge >= 0.3 is 12.4 Å². The van der Waals surface area contributed by atoms with Crippen molar-refractivity contribution in [2.24, 2.45) is 0 Å². The molecule has 7 aromatic rings. The van der Waals surface area contributed by atoms with E-state index in [1.807, 2.05) is 61.5 Å². The van der Waals surface area contributed by atoms with Crippen LogP contribution in [-0.2, 0) is 12.4 Å². The van der Waals surface area contributed by atoms with Crippen LogP contribution in [0.2, 0.25) is 0 Å². The number of para-hydroxylation sites is 3. The fraction of sp³-hybridized carbons (Fsp3) is 0.196. The zero-order valence-corrected chi connectivity index (χ0v) is 30.7. The number of hydrogen-bond acceptors (Lipinski definition) is 2. The summed E-state index contributed by atoms with van der Waals surface area (Å²) in [6.45, 7) is 10.6. The fourth-order valence-electron chi connectivity index (χ4n) is 7.19. The van der Waals surface area contributed by atoms with Gasteiger partial charge in [-0.15, -0.1) is 6.42 Å². The number of terminal acetylenes is 1. The van der Waals surface area contributed by atoms with Gasteiger partial charge in [-0.2, -0.15) is 26.3 Å². The molecule has 0 bridgehead atoms. The lowest BCUT2D eigenvalue weighted by molar-refractivity contribution is -0.143. The second-order valence-electron chi connectivity index (χ2n) is 14.1. The Kier molecular flexibility index (Phi) is 9.50. The van der Waals surface area contributed by atoms with E-state index in [0.29, 0.717) is 27.9 Å². The van der Waals surface area contributed by atoms with Crippen LogP contribution >= 0.6 is 0 Å². The van der Waals surface area contributed by atoms with Gasteiger partial charge in [0.1, 0.15) is 17.0 Å². The second kappa shape index (κ2) is 14.0. The summed E-state index contributed by atoms with van der Waals surface area (Å²) in [5.74, 6) is 3.41. The summed E-state index contributed by atoms with van der Waals surface area (Å²) in [6.07, 6.45) is 1.26. The smallest absolute Gasteiger partial charge is 0.416 e. The number of alkyl halides is 6. The maximum absolute atomic E-state index is 13.7. The Bertz CT molecular complexity index is 2650. The van der Waals surface area contributed by atoms with Crippen LogP contribution in [0.4, 0.5) is 26.3 Å². The predicted octanol–water partition coefficient (Wildman–Crippen LogP) is 14.1. The summed E-state index contributed by atoms with van der Waals surface area (Å²) >= 11 is 0. The van der Waals surface area contributed by atoms with Crippen molar-refractivity contribution >= 4 is 38.5 Å². The summed E-state index contributed by atoms with van der Waals surface area (Å²) in [6, 6.07) is 24.2. The summed E-state index contributed by atoms with van der Waals surface area (Å²) in [7, 11) is 0. The van der Waals surface area contributed by atoms with E-state index < -0.39 is 23.5 Å². The van der Waals surface area contributed by atoms with E-state index in [1.54, 1.807) is 12.1 Å². The fourth-order valence-corrected chi connectivity index (χ4v) is 7.19. The Morgan fingerprint density at radius 1 is 0.764 bits per heavy atom. The molecule has 5 aromatic carbocycles. The van der Waals surface area contributed by atoms with Crippen molar-refractivity contribution in [3.63, 3.8) is 0 Å². The third kappa shape index (κ3) is 6.82. The first kappa shape index (κ1) is 37.3. The molecule has 0 saturated heterocycles. The number of nitrogens with zero attached hydrogens (tertiary/aromatic N) is 2. The van der Waals surface area contributed by atoms with E-state index in [9.17, 15) is 26.3 Å². The molecule has 0 aliphatic rings. The number of aromatic nitrogens is 2. The van der Waals surface area contributed by atoms with Crippen LogP contribution in [0.25, 0.3) is 66.7 Å². The Labute approximate surface area is 314 Å². The molecule has 55 heavy (non-hydrogen) atoms. The highest BCUT2D eigenvalue weighted by atomic mass is 19.4. The van der Waals surface area contributed by atoms with Gasteiger partial charge in [-0.25, -0.2) is 4.98 Å². The van der Waals surface area contributed by atoms with Crippen molar-refractivity contribution in [3.8, 4) is 40.5 Å². The van der Waals surface area contributed by atoms with E-state index in [1.165, 1.54) is 12.1 Å². The predicted molar refractivity (Wildman–Crippen MR) is 209 cm³/mol. The first-order valence-corrected chi connectivity index (χ1v) is 17.8. The molecule has 9 heteroatoms. The van der Waals surface area contributed by atoms with Gasteiger partial charge in [0.25, 0.3) is 0 Å². The largest absolute Gasteiger partial charge is 0.455 e. The zero-order chi connectivity index (χ0) is 39.4. The van der Waals surface area contributed by atoms with Crippen LogP contribution in [0.3, 0.4) is 0 Å². The van der Waals surface area contributed by atoms with Crippen molar-refractivity contribution in [2.45, 2.75) is 58.8 Å². The van der Waals surface area contributed by atoms with Gasteiger partial charge in [0.15, 0.2) is 0 Å². The normalized spacial score (nSPS) is 13.0. The Balaban J connectivity index is 1.48. The van der Waals surface area contributed by atoms with Gasteiger partial charge in [-0.3, -0.25) is 4.57 Å². The first-order valence-electron chi connectivity index (χ1n) is 17.8. The Morgan fingerprint density at radius 3 is 2.02 bits per heavy atom. The second-order valence-corrected chi connectivity index (χ2v) is 14.1. The average Bonchev–Trinajstić information content (AvgIpc) is 3.72. The van der Waals surface area contributed by atoms with Gasteiger partial charge in [-0.05, 0) is 125 Å². The molecule has 7 rings (SSSR count). The minimum atomic E-state index is -4.97. The quantitative estimate of drug-likeness (QED) is 0.0924. The molecule has 278 valence electrons. The molecule has 0 fully saturated rings. The molecule has 0 spiro atoms. The molecule has 3 nitrogen and oxygen atoms in total. The van der Waals surface area contributed by atoms with Crippen LogP contribution in [0.1, 0.15) is 74.3 Å². The van der Waals surface area contributed by atoms with E-state index in [4.69, 9.17) is 15.8 Å².